The number of primary amides is 1. The summed E-state index contributed by atoms with van der Waals surface area (Å²) in [6.45, 7) is 1.33. The molecule has 0 saturated carbocycles. The van der Waals surface area contributed by atoms with E-state index in [4.69, 9.17) is 10.8 Å². The second kappa shape index (κ2) is 6.12. The van der Waals surface area contributed by atoms with Gasteiger partial charge in [-0.15, -0.1) is 0 Å². The second-order valence-electron chi connectivity index (χ2n) is 4.67. The van der Waals surface area contributed by atoms with Crippen molar-refractivity contribution in [2.45, 2.75) is 13.1 Å². The SMILES string of the molecule is NC(=O)NCCNC(=O)N1Cc2ccc(C(=O)O)cc2C1. The number of carboxylic acid groups (broad SMARTS) is 1. The molecule has 2 rings (SSSR count). The van der Waals surface area contributed by atoms with Crippen molar-refractivity contribution >= 4 is 18.0 Å². The molecule has 0 aliphatic carbocycles. The van der Waals surface area contributed by atoms with Crippen LogP contribution < -0.4 is 16.4 Å². The molecule has 1 heterocycles. The smallest absolute Gasteiger partial charge is 0.335 e. The third kappa shape index (κ3) is 3.62. The van der Waals surface area contributed by atoms with Gasteiger partial charge in [0, 0.05) is 26.2 Å². The number of rotatable bonds is 4. The quantitative estimate of drug-likeness (QED) is 0.586. The summed E-state index contributed by atoms with van der Waals surface area (Å²) in [5.41, 5.74) is 6.89. The molecule has 8 nitrogen and oxygen atoms in total. The zero-order chi connectivity index (χ0) is 15.4. The number of hydrogen-bond acceptors (Lipinski definition) is 3. The highest BCUT2D eigenvalue weighted by Gasteiger charge is 2.23. The Bertz CT molecular complexity index is 588. The minimum atomic E-state index is -0.988. The van der Waals surface area contributed by atoms with Crippen molar-refractivity contribution in [2.24, 2.45) is 5.73 Å². The van der Waals surface area contributed by atoms with Gasteiger partial charge < -0.3 is 26.4 Å². The first-order valence-electron chi connectivity index (χ1n) is 6.38. The molecule has 1 aliphatic rings. The van der Waals surface area contributed by atoms with Crippen molar-refractivity contribution < 1.29 is 19.5 Å². The fourth-order valence-corrected chi connectivity index (χ4v) is 2.14. The van der Waals surface area contributed by atoms with Crippen LogP contribution >= 0.6 is 0 Å². The third-order valence-corrected chi connectivity index (χ3v) is 3.16. The number of aromatic carboxylic acids is 1. The standard InChI is InChI=1S/C13H16N4O4/c14-12(20)15-3-4-16-13(21)17-6-9-2-1-8(11(18)19)5-10(9)7-17/h1-2,5H,3-4,6-7H2,(H,16,21)(H,18,19)(H3,14,15,20). The number of carboxylic acids is 1. The van der Waals surface area contributed by atoms with E-state index < -0.39 is 12.0 Å². The van der Waals surface area contributed by atoms with Crippen LogP contribution in [0, 0.1) is 0 Å². The predicted molar refractivity (Wildman–Crippen MR) is 73.6 cm³/mol. The number of benzene rings is 1. The van der Waals surface area contributed by atoms with Crippen LogP contribution in [0.15, 0.2) is 18.2 Å². The first-order valence-corrected chi connectivity index (χ1v) is 6.38. The summed E-state index contributed by atoms with van der Waals surface area (Å²) in [4.78, 5) is 34.9. The van der Waals surface area contributed by atoms with E-state index in [0.717, 1.165) is 11.1 Å². The fraction of sp³-hybridized carbons (Fsp3) is 0.308. The fourth-order valence-electron chi connectivity index (χ4n) is 2.14. The first kappa shape index (κ1) is 14.6. The molecule has 21 heavy (non-hydrogen) atoms. The third-order valence-electron chi connectivity index (χ3n) is 3.16. The van der Waals surface area contributed by atoms with E-state index >= 15 is 0 Å². The van der Waals surface area contributed by atoms with E-state index in [0.29, 0.717) is 13.1 Å². The monoisotopic (exact) mass is 292 g/mol. The Morgan fingerprint density at radius 2 is 1.81 bits per heavy atom. The molecule has 0 bridgehead atoms. The normalized spacial score (nSPS) is 12.7. The number of carbonyl (C=O) groups is 3. The molecule has 0 spiro atoms. The van der Waals surface area contributed by atoms with Gasteiger partial charge in [0.15, 0.2) is 0 Å². The highest BCUT2D eigenvalue weighted by atomic mass is 16.4. The lowest BCUT2D eigenvalue weighted by molar-refractivity contribution is 0.0696. The zero-order valence-corrected chi connectivity index (χ0v) is 11.3. The minimum absolute atomic E-state index is 0.210. The average molecular weight is 292 g/mol. The van der Waals surface area contributed by atoms with Crippen LogP contribution in [0.3, 0.4) is 0 Å². The molecule has 0 fully saturated rings. The van der Waals surface area contributed by atoms with Crippen LogP contribution in [0.1, 0.15) is 21.5 Å². The van der Waals surface area contributed by atoms with Gasteiger partial charge in [-0.25, -0.2) is 14.4 Å². The minimum Gasteiger partial charge on any atom is -0.478 e. The maximum absolute atomic E-state index is 11.9. The Labute approximate surface area is 120 Å². The molecule has 0 saturated heterocycles. The lowest BCUT2D eigenvalue weighted by atomic mass is 10.1. The van der Waals surface area contributed by atoms with E-state index in [2.05, 4.69) is 10.6 Å². The highest BCUT2D eigenvalue weighted by Crippen LogP contribution is 2.23. The number of amides is 4. The summed E-state index contributed by atoms with van der Waals surface area (Å²) in [7, 11) is 0. The largest absolute Gasteiger partial charge is 0.478 e. The first-order chi connectivity index (χ1) is 9.97. The van der Waals surface area contributed by atoms with Crippen LogP contribution in [0.5, 0.6) is 0 Å². The average Bonchev–Trinajstić information content (AvgIpc) is 2.85. The van der Waals surface area contributed by atoms with Crippen LogP contribution in [0.2, 0.25) is 0 Å². The predicted octanol–water partition coefficient (Wildman–Crippen LogP) is 0.0783. The number of urea groups is 2. The lowest BCUT2D eigenvalue weighted by Gasteiger charge is -2.16. The molecule has 4 amide bonds. The van der Waals surface area contributed by atoms with Crippen molar-refractivity contribution in [3.05, 3.63) is 34.9 Å². The van der Waals surface area contributed by atoms with Gasteiger partial charge in [0.2, 0.25) is 0 Å². The van der Waals surface area contributed by atoms with E-state index in [1.54, 1.807) is 17.0 Å². The van der Waals surface area contributed by atoms with Gasteiger partial charge in [0.1, 0.15) is 0 Å². The van der Waals surface area contributed by atoms with Crippen molar-refractivity contribution in [1.82, 2.24) is 15.5 Å². The Hall–Kier alpha value is -2.77. The molecular weight excluding hydrogens is 276 g/mol. The van der Waals surface area contributed by atoms with Crippen molar-refractivity contribution in [3.63, 3.8) is 0 Å². The van der Waals surface area contributed by atoms with Gasteiger partial charge in [-0.1, -0.05) is 6.07 Å². The summed E-state index contributed by atoms with van der Waals surface area (Å²) in [6.07, 6.45) is 0. The molecule has 8 heteroatoms. The van der Waals surface area contributed by atoms with Crippen LogP contribution in [0.25, 0.3) is 0 Å². The Morgan fingerprint density at radius 3 is 2.48 bits per heavy atom. The van der Waals surface area contributed by atoms with E-state index in [9.17, 15) is 14.4 Å². The maximum atomic E-state index is 11.9. The van der Waals surface area contributed by atoms with Crippen LogP contribution in [0.4, 0.5) is 9.59 Å². The van der Waals surface area contributed by atoms with Crippen molar-refractivity contribution in [2.75, 3.05) is 13.1 Å². The number of carbonyl (C=O) groups excluding carboxylic acids is 2. The van der Waals surface area contributed by atoms with Gasteiger partial charge in [-0.3, -0.25) is 0 Å². The molecule has 0 unspecified atom stereocenters. The number of nitrogens with zero attached hydrogens (tertiary/aromatic N) is 1. The molecule has 0 aromatic heterocycles. The molecule has 5 N–H and O–H groups in total. The van der Waals surface area contributed by atoms with Gasteiger partial charge in [0.05, 0.1) is 5.56 Å². The molecule has 112 valence electrons. The molecule has 0 atom stereocenters. The summed E-state index contributed by atoms with van der Waals surface area (Å²) in [6, 6.07) is 3.92. The summed E-state index contributed by atoms with van der Waals surface area (Å²) < 4.78 is 0. The molecular formula is C13H16N4O4. The van der Waals surface area contributed by atoms with E-state index in [-0.39, 0.29) is 24.7 Å². The van der Waals surface area contributed by atoms with E-state index in [1.807, 2.05) is 0 Å². The molecule has 0 radical (unpaired) electrons. The highest BCUT2D eigenvalue weighted by molar-refractivity contribution is 5.88. The van der Waals surface area contributed by atoms with Gasteiger partial charge in [-0.2, -0.15) is 0 Å². The van der Waals surface area contributed by atoms with Crippen LogP contribution in [-0.2, 0) is 13.1 Å². The Kier molecular flexibility index (Phi) is 4.27. The number of nitrogens with one attached hydrogen (secondary N) is 2. The number of fused-ring (bicyclic) bond motifs is 1. The van der Waals surface area contributed by atoms with Gasteiger partial charge in [-0.05, 0) is 23.3 Å². The topological polar surface area (TPSA) is 125 Å². The lowest BCUT2D eigenvalue weighted by Crippen LogP contribution is -2.41. The number of hydrogen-bond donors (Lipinski definition) is 4. The summed E-state index contributed by atoms with van der Waals surface area (Å²) in [5, 5.41) is 14.0. The van der Waals surface area contributed by atoms with Gasteiger partial charge in [0.25, 0.3) is 0 Å². The Morgan fingerprint density at radius 1 is 1.14 bits per heavy atom. The van der Waals surface area contributed by atoms with Gasteiger partial charge >= 0.3 is 18.0 Å². The molecule has 1 aliphatic heterocycles. The second-order valence-corrected chi connectivity index (χ2v) is 4.67. The number of nitrogens with two attached hydrogens (primary N) is 1. The Balaban J connectivity index is 1.88. The van der Waals surface area contributed by atoms with Crippen LogP contribution in [-0.4, -0.2) is 41.1 Å². The maximum Gasteiger partial charge on any atom is 0.335 e. The van der Waals surface area contributed by atoms with E-state index in [1.165, 1.54) is 6.07 Å². The summed E-state index contributed by atoms with van der Waals surface area (Å²) in [5.74, 6) is -0.988. The van der Waals surface area contributed by atoms with Crippen molar-refractivity contribution in [1.29, 1.82) is 0 Å². The zero-order valence-electron chi connectivity index (χ0n) is 11.3. The summed E-state index contributed by atoms with van der Waals surface area (Å²) >= 11 is 0. The molecule has 1 aromatic carbocycles. The van der Waals surface area contributed by atoms with Crippen molar-refractivity contribution in [3.8, 4) is 0 Å². The molecule has 1 aromatic rings.